The van der Waals surface area contributed by atoms with E-state index in [2.05, 4.69) is 20.6 Å². The van der Waals surface area contributed by atoms with Crippen LogP contribution in [0.5, 0.6) is 0 Å². The molecule has 0 bridgehead atoms. The van der Waals surface area contributed by atoms with Gasteiger partial charge in [0.1, 0.15) is 0 Å². The van der Waals surface area contributed by atoms with Gasteiger partial charge in [-0.05, 0) is 38.4 Å². The molecule has 4 nitrogen and oxygen atoms in total. The summed E-state index contributed by atoms with van der Waals surface area (Å²) in [4.78, 5) is 8.45. The van der Waals surface area contributed by atoms with Crippen LogP contribution in [-0.4, -0.2) is 29.6 Å². The first-order valence-corrected chi connectivity index (χ1v) is 5.09. The van der Waals surface area contributed by atoms with E-state index in [1.807, 2.05) is 13.0 Å². The molecule has 1 unspecified atom stereocenters. The first-order valence-electron chi connectivity index (χ1n) is 5.09. The Morgan fingerprint density at radius 3 is 3.29 bits per heavy atom. The molecule has 1 atom stereocenters. The highest BCUT2D eigenvalue weighted by Crippen LogP contribution is 2.08. The third kappa shape index (κ3) is 2.42. The lowest BCUT2D eigenvalue weighted by Gasteiger charge is -2.09. The second-order valence-electron chi connectivity index (χ2n) is 3.76. The highest BCUT2D eigenvalue weighted by atomic mass is 15.1. The van der Waals surface area contributed by atoms with Gasteiger partial charge >= 0.3 is 0 Å². The van der Waals surface area contributed by atoms with Crippen LogP contribution in [0.15, 0.2) is 12.3 Å². The average Bonchev–Trinajstić information content (AvgIpc) is 2.67. The van der Waals surface area contributed by atoms with Gasteiger partial charge in [0.25, 0.3) is 0 Å². The summed E-state index contributed by atoms with van der Waals surface area (Å²) in [5.74, 6) is 1.47. The number of hydrogen-bond donors (Lipinski definition) is 2. The first kappa shape index (κ1) is 9.40. The Kier molecular flexibility index (Phi) is 2.93. The van der Waals surface area contributed by atoms with E-state index in [4.69, 9.17) is 0 Å². The number of aryl methyl sites for hydroxylation is 1. The van der Waals surface area contributed by atoms with Crippen LogP contribution in [0.25, 0.3) is 0 Å². The van der Waals surface area contributed by atoms with Gasteiger partial charge in [-0.3, -0.25) is 0 Å². The van der Waals surface area contributed by atoms with Gasteiger partial charge in [0.05, 0.1) is 0 Å². The molecule has 2 N–H and O–H groups in total. The zero-order valence-corrected chi connectivity index (χ0v) is 8.45. The van der Waals surface area contributed by atoms with Crippen LogP contribution in [0.2, 0.25) is 0 Å². The molecule has 2 rings (SSSR count). The Morgan fingerprint density at radius 2 is 2.57 bits per heavy atom. The molecule has 0 spiro atoms. The van der Waals surface area contributed by atoms with E-state index >= 15 is 0 Å². The highest BCUT2D eigenvalue weighted by Gasteiger charge is 2.13. The minimum Gasteiger partial charge on any atom is -0.354 e. The third-order valence-electron chi connectivity index (χ3n) is 2.51. The lowest BCUT2D eigenvalue weighted by Crippen LogP contribution is -2.18. The molecule has 1 fully saturated rings. The summed E-state index contributed by atoms with van der Waals surface area (Å²) in [6.07, 6.45) is 3.04. The number of nitrogens with one attached hydrogen (secondary N) is 2. The van der Waals surface area contributed by atoms with E-state index in [1.54, 1.807) is 6.20 Å². The molecule has 1 aromatic heterocycles. The molecule has 1 aliphatic heterocycles. The number of aromatic nitrogens is 2. The summed E-state index contributed by atoms with van der Waals surface area (Å²) >= 11 is 0. The monoisotopic (exact) mass is 192 g/mol. The minimum atomic E-state index is 0.721. The Morgan fingerprint density at radius 1 is 1.64 bits per heavy atom. The van der Waals surface area contributed by atoms with Crippen LogP contribution < -0.4 is 10.6 Å². The van der Waals surface area contributed by atoms with Crippen molar-refractivity contribution < 1.29 is 0 Å². The summed E-state index contributed by atoms with van der Waals surface area (Å²) < 4.78 is 0. The van der Waals surface area contributed by atoms with Gasteiger partial charge in [-0.15, -0.1) is 0 Å². The van der Waals surface area contributed by atoms with Crippen molar-refractivity contribution in [2.75, 3.05) is 25.0 Å². The van der Waals surface area contributed by atoms with Crippen molar-refractivity contribution >= 4 is 5.95 Å². The second-order valence-corrected chi connectivity index (χ2v) is 3.76. The van der Waals surface area contributed by atoms with Crippen molar-refractivity contribution in [3.63, 3.8) is 0 Å². The molecule has 2 heterocycles. The van der Waals surface area contributed by atoms with Crippen LogP contribution in [-0.2, 0) is 0 Å². The van der Waals surface area contributed by atoms with Crippen LogP contribution in [0, 0.1) is 12.8 Å². The number of hydrogen-bond acceptors (Lipinski definition) is 4. The van der Waals surface area contributed by atoms with E-state index < -0.39 is 0 Å². The maximum absolute atomic E-state index is 4.29. The summed E-state index contributed by atoms with van der Waals surface area (Å²) in [5, 5.41) is 6.60. The lowest BCUT2D eigenvalue weighted by atomic mass is 10.1. The predicted molar refractivity (Wildman–Crippen MR) is 56.2 cm³/mol. The fourth-order valence-electron chi connectivity index (χ4n) is 1.66. The molecule has 76 valence electrons. The standard InChI is InChI=1S/C10H16N4/c1-8-2-5-12-10(14-8)13-7-9-3-4-11-6-9/h2,5,9,11H,3-4,6-7H2,1H3,(H,12,13,14). The van der Waals surface area contributed by atoms with Crippen molar-refractivity contribution in [3.8, 4) is 0 Å². The number of rotatable bonds is 3. The van der Waals surface area contributed by atoms with Gasteiger partial charge in [-0.25, -0.2) is 9.97 Å². The molecule has 1 aliphatic rings. The largest absolute Gasteiger partial charge is 0.354 e. The maximum Gasteiger partial charge on any atom is 0.222 e. The van der Waals surface area contributed by atoms with Crippen molar-refractivity contribution in [1.29, 1.82) is 0 Å². The van der Waals surface area contributed by atoms with Gasteiger partial charge in [0.2, 0.25) is 5.95 Å². The summed E-state index contributed by atoms with van der Waals surface area (Å²) in [6.45, 7) is 5.19. The summed E-state index contributed by atoms with van der Waals surface area (Å²) in [6, 6.07) is 1.91. The maximum atomic E-state index is 4.29. The van der Waals surface area contributed by atoms with E-state index in [-0.39, 0.29) is 0 Å². The summed E-state index contributed by atoms with van der Waals surface area (Å²) in [7, 11) is 0. The Labute approximate surface area is 84.2 Å². The zero-order valence-electron chi connectivity index (χ0n) is 8.45. The molecule has 1 aromatic rings. The van der Waals surface area contributed by atoms with Crippen LogP contribution >= 0.6 is 0 Å². The topological polar surface area (TPSA) is 49.8 Å². The van der Waals surface area contributed by atoms with Gasteiger partial charge in [-0.2, -0.15) is 0 Å². The number of nitrogens with zero attached hydrogens (tertiary/aromatic N) is 2. The molecular weight excluding hydrogens is 176 g/mol. The normalized spacial score (nSPS) is 21.1. The molecule has 0 amide bonds. The van der Waals surface area contributed by atoms with Crippen molar-refractivity contribution in [2.45, 2.75) is 13.3 Å². The number of anilines is 1. The molecule has 0 aromatic carbocycles. The van der Waals surface area contributed by atoms with Crippen molar-refractivity contribution in [2.24, 2.45) is 5.92 Å². The predicted octanol–water partition coefficient (Wildman–Crippen LogP) is 0.806. The van der Waals surface area contributed by atoms with Gasteiger partial charge in [0, 0.05) is 18.4 Å². The molecular formula is C10H16N4. The second kappa shape index (κ2) is 4.37. The van der Waals surface area contributed by atoms with Gasteiger partial charge in [0.15, 0.2) is 0 Å². The Bertz CT molecular complexity index is 294. The quantitative estimate of drug-likeness (QED) is 0.744. The van der Waals surface area contributed by atoms with Gasteiger partial charge in [-0.1, -0.05) is 0 Å². The Balaban J connectivity index is 1.85. The highest BCUT2D eigenvalue weighted by molar-refractivity contribution is 5.24. The molecule has 0 saturated carbocycles. The minimum absolute atomic E-state index is 0.721. The first-order chi connectivity index (χ1) is 6.84. The van der Waals surface area contributed by atoms with Crippen LogP contribution in [0.4, 0.5) is 5.95 Å². The van der Waals surface area contributed by atoms with Gasteiger partial charge < -0.3 is 10.6 Å². The molecule has 1 saturated heterocycles. The zero-order chi connectivity index (χ0) is 9.80. The average molecular weight is 192 g/mol. The molecule has 14 heavy (non-hydrogen) atoms. The van der Waals surface area contributed by atoms with Crippen LogP contribution in [0.3, 0.4) is 0 Å². The van der Waals surface area contributed by atoms with E-state index in [0.29, 0.717) is 0 Å². The smallest absolute Gasteiger partial charge is 0.222 e. The fraction of sp³-hybridized carbons (Fsp3) is 0.600. The third-order valence-corrected chi connectivity index (χ3v) is 2.51. The summed E-state index contributed by atoms with van der Waals surface area (Å²) in [5.41, 5.74) is 1.01. The van der Waals surface area contributed by atoms with Crippen molar-refractivity contribution in [3.05, 3.63) is 18.0 Å². The van der Waals surface area contributed by atoms with E-state index in [9.17, 15) is 0 Å². The molecule has 4 heteroatoms. The molecule has 0 radical (unpaired) electrons. The van der Waals surface area contributed by atoms with E-state index in [0.717, 1.165) is 37.2 Å². The fourth-order valence-corrected chi connectivity index (χ4v) is 1.66. The Hall–Kier alpha value is -1.16. The van der Waals surface area contributed by atoms with E-state index in [1.165, 1.54) is 6.42 Å². The van der Waals surface area contributed by atoms with Crippen LogP contribution in [0.1, 0.15) is 12.1 Å². The SMILES string of the molecule is Cc1ccnc(NCC2CCNC2)n1. The lowest BCUT2D eigenvalue weighted by molar-refractivity contribution is 0.612. The van der Waals surface area contributed by atoms with Crippen molar-refractivity contribution in [1.82, 2.24) is 15.3 Å². The molecule has 0 aliphatic carbocycles.